The van der Waals surface area contributed by atoms with E-state index in [4.69, 9.17) is 33.8 Å². The lowest BCUT2D eigenvalue weighted by Crippen LogP contribution is -2.57. The first-order valence-electron chi connectivity index (χ1n) is 12.4. The van der Waals surface area contributed by atoms with Crippen LogP contribution in [0.4, 0.5) is 0 Å². The van der Waals surface area contributed by atoms with Crippen molar-refractivity contribution in [2.24, 2.45) is 33.7 Å². The van der Waals surface area contributed by atoms with Gasteiger partial charge < -0.3 is 54.8 Å². The Balaban J connectivity index is 5.67. The molecule has 4 atom stereocenters. The number of nitrogens with two attached hydrogens (primary N) is 5. The lowest BCUT2D eigenvalue weighted by Gasteiger charge is -2.25. The number of carbonyl (C=O) groups is 6. The van der Waals surface area contributed by atoms with E-state index in [0.717, 1.165) is 0 Å². The number of carbonyl (C=O) groups excluding carboxylic acids is 4. The van der Waals surface area contributed by atoms with Crippen LogP contribution in [0.2, 0.25) is 0 Å². The van der Waals surface area contributed by atoms with Gasteiger partial charge in [-0.15, -0.1) is 0 Å². The minimum absolute atomic E-state index is 0.00188. The van der Waals surface area contributed by atoms with E-state index >= 15 is 0 Å². The highest BCUT2D eigenvalue weighted by molar-refractivity contribution is 5.94. The van der Waals surface area contributed by atoms with Crippen LogP contribution in [0.25, 0.3) is 0 Å². The first-order chi connectivity index (χ1) is 18.3. The molecule has 0 saturated heterocycles. The highest BCUT2D eigenvalue weighted by Gasteiger charge is 2.30. The smallest absolute Gasteiger partial charge is 0.326 e. The molecule has 39 heavy (non-hydrogen) atoms. The summed E-state index contributed by atoms with van der Waals surface area (Å²) < 4.78 is 0. The number of amides is 4. The van der Waals surface area contributed by atoms with Crippen LogP contribution < -0.4 is 44.6 Å². The Morgan fingerprint density at radius 3 is 1.74 bits per heavy atom. The number of nitrogens with one attached hydrogen (secondary N) is 3. The van der Waals surface area contributed by atoms with Gasteiger partial charge in [-0.25, -0.2) is 4.79 Å². The summed E-state index contributed by atoms with van der Waals surface area (Å²) in [6.07, 6.45) is 0.190. The Morgan fingerprint density at radius 1 is 0.692 bits per heavy atom. The van der Waals surface area contributed by atoms with Crippen LogP contribution in [0.3, 0.4) is 0 Å². The van der Waals surface area contributed by atoms with Crippen LogP contribution in [0.15, 0.2) is 4.99 Å². The van der Waals surface area contributed by atoms with Gasteiger partial charge in [0, 0.05) is 19.4 Å². The molecule has 0 aliphatic heterocycles. The number of carboxylic acid groups (broad SMARTS) is 2. The van der Waals surface area contributed by atoms with Crippen molar-refractivity contribution in [2.45, 2.75) is 82.0 Å². The third-order valence-corrected chi connectivity index (χ3v) is 5.46. The predicted octanol–water partition coefficient (Wildman–Crippen LogP) is -3.83. The van der Waals surface area contributed by atoms with Crippen molar-refractivity contribution in [1.29, 1.82) is 0 Å². The summed E-state index contributed by atoms with van der Waals surface area (Å²) in [6.45, 7) is 0.462. The average Bonchev–Trinajstić information content (AvgIpc) is 2.85. The fraction of sp³-hybridized carbons (Fsp3) is 0.682. The van der Waals surface area contributed by atoms with Gasteiger partial charge >= 0.3 is 11.9 Å². The second-order valence-corrected chi connectivity index (χ2v) is 8.80. The molecule has 0 saturated carbocycles. The molecule has 222 valence electrons. The van der Waals surface area contributed by atoms with Gasteiger partial charge in [-0.1, -0.05) is 0 Å². The van der Waals surface area contributed by atoms with E-state index in [-0.39, 0.29) is 57.5 Å². The van der Waals surface area contributed by atoms with E-state index in [1.165, 1.54) is 0 Å². The second kappa shape index (κ2) is 19.1. The van der Waals surface area contributed by atoms with Gasteiger partial charge in [0.15, 0.2) is 5.96 Å². The fourth-order valence-electron chi connectivity index (χ4n) is 3.31. The molecule has 0 aliphatic carbocycles. The highest BCUT2D eigenvalue weighted by Crippen LogP contribution is 2.07. The minimum atomic E-state index is -1.35. The largest absolute Gasteiger partial charge is 0.481 e. The second-order valence-electron chi connectivity index (χ2n) is 8.80. The molecule has 0 aliphatic rings. The highest BCUT2D eigenvalue weighted by atomic mass is 16.4. The van der Waals surface area contributed by atoms with Crippen LogP contribution >= 0.6 is 0 Å². The molecule has 0 fully saturated rings. The number of aliphatic imine (C=N–C) groups is 1. The third-order valence-electron chi connectivity index (χ3n) is 5.46. The van der Waals surface area contributed by atoms with E-state index in [2.05, 4.69) is 20.9 Å². The molecule has 0 rings (SSSR count). The van der Waals surface area contributed by atoms with Crippen molar-refractivity contribution in [3.63, 3.8) is 0 Å². The standard InChI is InChI=1S/C22H41N9O8/c23-10-2-1-4-15(21(38)39)31-19(36)13(5-3-11-28-22(26)27)30-20(37)14(7-8-16(25)32)29-18(35)12(24)6-9-17(33)34/h12-15H,1-11,23-24H2,(H2,25,32)(H,29,35)(H,30,37)(H,31,36)(H,33,34)(H,38,39)(H4,26,27,28). The van der Waals surface area contributed by atoms with Crippen molar-refractivity contribution in [3.05, 3.63) is 0 Å². The van der Waals surface area contributed by atoms with Crippen LogP contribution in [0.1, 0.15) is 57.8 Å². The summed E-state index contributed by atoms with van der Waals surface area (Å²) in [5.41, 5.74) is 26.9. The third kappa shape index (κ3) is 16.5. The first kappa shape index (κ1) is 35.0. The number of nitrogens with zero attached hydrogens (tertiary/aromatic N) is 1. The first-order valence-corrected chi connectivity index (χ1v) is 12.4. The Kier molecular flexibility index (Phi) is 17.2. The lowest BCUT2D eigenvalue weighted by molar-refractivity contribution is -0.142. The Bertz CT molecular complexity index is 880. The molecule has 0 aromatic rings. The molecule has 0 heterocycles. The topological polar surface area (TPSA) is 321 Å². The molecule has 4 unspecified atom stereocenters. The van der Waals surface area contributed by atoms with Gasteiger partial charge in [-0.2, -0.15) is 0 Å². The number of primary amides is 1. The molecular weight excluding hydrogens is 518 g/mol. The van der Waals surface area contributed by atoms with E-state index in [1.807, 2.05) is 0 Å². The molecule has 0 bridgehead atoms. The number of unbranched alkanes of at least 4 members (excludes halogenated alkanes) is 1. The normalized spacial score (nSPS) is 13.7. The molecule has 0 radical (unpaired) electrons. The zero-order valence-electron chi connectivity index (χ0n) is 21.8. The maximum atomic E-state index is 13.1. The number of aliphatic carboxylic acids is 2. The van der Waals surface area contributed by atoms with Crippen LogP contribution in [0.5, 0.6) is 0 Å². The summed E-state index contributed by atoms with van der Waals surface area (Å²) >= 11 is 0. The summed E-state index contributed by atoms with van der Waals surface area (Å²) in [5, 5.41) is 25.5. The molecular formula is C22H41N9O8. The quantitative estimate of drug-likeness (QED) is 0.0367. The molecule has 0 aromatic heterocycles. The fourth-order valence-corrected chi connectivity index (χ4v) is 3.31. The summed E-state index contributed by atoms with van der Waals surface area (Å²) in [4.78, 5) is 76.0. The zero-order chi connectivity index (χ0) is 30.0. The van der Waals surface area contributed by atoms with E-state index in [1.54, 1.807) is 0 Å². The van der Waals surface area contributed by atoms with Crippen molar-refractivity contribution in [1.82, 2.24) is 16.0 Å². The summed E-state index contributed by atoms with van der Waals surface area (Å²) in [7, 11) is 0. The predicted molar refractivity (Wildman–Crippen MR) is 140 cm³/mol. The number of carboxylic acids is 2. The molecule has 0 spiro atoms. The Labute approximate surface area is 225 Å². The number of rotatable bonds is 21. The molecule has 15 N–H and O–H groups in total. The van der Waals surface area contributed by atoms with Crippen molar-refractivity contribution in [3.8, 4) is 0 Å². The molecule has 17 heteroatoms. The van der Waals surface area contributed by atoms with Crippen LogP contribution in [-0.2, 0) is 28.8 Å². The van der Waals surface area contributed by atoms with Gasteiger partial charge in [0.25, 0.3) is 0 Å². The minimum Gasteiger partial charge on any atom is -0.481 e. The Morgan fingerprint density at radius 2 is 1.23 bits per heavy atom. The van der Waals surface area contributed by atoms with Gasteiger partial charge in [-0.05, 0) is 51.5 Å². The molecule has 4 amide bonds. The maximum absolute atomic E-state index is 13.1. The zero-order valence-corrected chi connectivity index (χ0v) is 21.8. The summed E-state index contributed by atoms with van der Waals surface area (Å²) in [5.74, 6) is -5.89. The van der Waals surface area contributed by atoms with Gasteiger partial charge in [0.05, 0.1) is 6.04 Å². The average molecular weight is 560 g/mol. The van der Waals surface area contributed by atoms with Gasteiger partial charge in [0.1, 0.15) is 18.1 Å². The lowest BCUT2D eigenvalue weighted by atomic mass is 10.0. The van der Waals surface area contributed by atoms with Gasteiger partial charge in [0.2, 0.25) is 23.6 Å². The van der Waals surface area contributed by atoms with Crippen molar-refractivity contribution < 1.29 is 39.0 Å². The van der Waals surface area contributed by atoms with E-state index in [9.17, 15) is 33.9 Å². The SMILES string of the molecule is NCCCCC(NC(=O)C(CCCN=C(N)N)NC(=O)C(CCC(N)=O)NC(=O)C(N)CCC(=O)O)C(=O)O. The van der Waals surface area contributed by atoms with Crippen molar-refractivity contribution in [2.75, 3.05) is 13.1 Å². The van der Waals surface area contributed by atoms with E-state index in [0.29, 0.717) is 19.4 Å². The molecule has 0 aromatic carbocycles. The maximum Gasteiger partial charge on any atom is 0.326 e. The molecule has 17 nitrogen and oxygen atoms in total. The van der Waals surface area contributed by atoms with Crippen LogP contribution in [-0.4, -0.2) is 89.0 Å². The van der Waals surface area contributed by atoms with Gasteiger partial charge in [-0.3, -0.25) is 29.0 Å². The number of guanidine groups is 1. The van der Waals surface area contributed by atoms with E-state index < -0.39 is 59.7 Å². The van der Waals surface area contributed by atoms with Crippen LogP contribution in [0, 0.1) is 0 Å². The summed E-state index contributed by atoms with van der Waals surface area (Å²) in [6, 6.07) is -5.10. The number of hydrogen-bond donors (Lipinski definition) is 10. The number of hydrogen-bond acceptors (Lipinski definition) is 9. The monoisotopic (exact) mass is 559 g/mol. The Hall–Kier alpha value is -3.99. The van der Waals surface area contributed by atoms with Crippen molar-refractivity contribution >= 4 is 41.5 Å².